The molecule has 0 radical (unpaired) electrons. The Hall–Kier alpha value is -0.860. The molecule has 1 aromatic carbocycles. The first-order chi connectivity index (χ1) is 9.20. The monoisotopic (exact) mass is 258 g/mol. The maximum absolute atomic E-state index is 3.59. The van der Waals surface area contributed by atoms with E-state index in [4.69, 9.17) is 0 Å². The Morgan fingerprint density at radius 3 is 2.68 bits per heavy atom. The fourth-order valence-electron chi connectivity index (χ4n) is 2.82. The van der Waals surface area contributed by atoms with Crippen LogP contribution in [-0.4, -0.2) is 24.5 Å². The molecule has 0 aliphatic heterocycles. The molecule has 104 valence electrons. The molecule has 2 aliphatic rings. The first kappa shape index (κ1) is 13.1. The highest BCUT2D eigenvalue weighted by Crippen LogP contribution is 2.38. The molecule has 0 amide bonds. The van der Waals surface area contributed by atoms with Crippen LogP contribution in [0.25, 0.3) is 0 Å². The van der Waals surface area contributed by atoms with Crippen LogP contribution in [0.15, 0.2) is 24.3 Å². The summed E-state index contributed by atoms with van der Waals surface area (Å²) < 4.78 is 0. The molecular formula is C17H26N2. The van der Waals surface area contributed by atoms with Crippen LogP contribution in [0.1, 0.15) is 37.3 Å². The lowest BCUT2D eigenvalue weighted by atomic mass is 10.1. The Morgan fingerprint density at radius 2 is 2.00 bits per heavy atom. The number of nitrogens with one attached hydrogen (secondary N) is 1. The molecule has 2 fully saturated rings. The highest BCUT2D eigenvalue weighted by atomic mass is 15.1. The summed E-state index contributed by atoms with van der Waals surface area (Å²) in [6, 6.07) is 9.85. The van der Waals surface area contributed by atoms with E-state index in [1.807, 2.05) is 0 Å². The highest BCUT2D eigenvalue weighted by Gasteiger charge is 2.32. The number of nitrogens with zero attached hydrogens (tertiary/aromatic N) is 1. The van der Waals surface area contributed by atoms with Gasteiger partial charge in [0.15, 0.2) is 0 Å². The summed E-state index contributed by atoms with van der Waals surface area (Å²) in [5, 5.41) is 3.59. The van der Waals surface area contributed by atoms with Gasteiger partial charge in [-0.05, 0) is 49.3 Å². The van der Waals surface area contributed by atoms with Crippen LogP contribution in [0.2, 0.25) is 0 Å². The van der Waals surface area contributed by atoms with E-state index in [0.717, 1.165) is 31.0 Å². The van der Waals surface area contributed by atoms with Gasteiger partial charge >= 0.3 is 0 Å². The first-order valence-electron chi connectivity index (χ1n) is 7.70. The molecule has 1 aromatic rings. The minimum atomic E-state index is 0.794. The maximum atomic E-state index is 3.59. The van der Waals surface area contributed by atoms with Crippen LogP contribution in [0.5, 0.6) is 0 Å². The van der Waals surface area contributed by atoms with Gasteiger partial charge in [0.25, 0.3) is 0 Å². The van der Waals surface area contributed by atoms with Gasteiger partial charge in [-0.1, -0.05) is 31.2 Å². The summed E-state index contributed by atoms with van der Waals surface area (Å²) in [5.74, 6) is 1.90. The van der Waals surface area contributed by atoms with Gasteiger partial charge in [0, 0.05) is 25.7 Å². The number of hydrogen-bond acceptors (Lipinski definition) is 2. The van der Waals surface area contributed by atoms with Crippen molar-refractivity contribution in [2.24, 2.45) is 11.8 Å². The van der Waals surface area contributed by atoms with Crippen LogP contribution in [0.4, 0.5) is 0 Å². The van der Waals surface area contributed by atoms with Crippen molar-refractivity contribution >= 4 is 0 Å². The van der Waals surface area contributed by atoms with E-state index >= 15 is 0 Å². The van der Waals surface area contributed by atoms with Gasteiger partial charge in [-0.2, -0.15) is 0 Å². The van der Waals surface area contributed by atoms with E-state index in [1.54, 1.807) is 0 Å². The second-order valence-electron chi connectivity index (χ2n) is 6.64. The van der Waals surface area contributed by atoms with Gasteiger partial charge in [-0.3, -0.25) is 0 Å². The van der Waals surface area contributed by atoms with Crippen LogP contribution in [-0.2, 0) is 13.1 Å². The Labute approximate surface area is 117 Å². The quantitative estimate of drug-likeness (QED) is 0.809. The number of benzene rings is 1. The SMILES string of the molecule is CC1CC1CN(C)Cc1cccc(CNC2CC2)c1. The van der Waals surface area contributed by atoms with Crippen molar-refractivity contribution in [1.29, 1.82) is 0 Å². The molecule has 0 saturated heterocycles. The molecule has 19 heavy (non-hydrogen) atoms. The second-order valence-corrected chi connectivity index (χ2v) is 6.64. The van der Waals surface area contributed by atoms with E-state index in [0.29, 0.717) is 0 Å². The number of hydrogen-bond donors (Lipinski definition) is 1. The predicted molar refractivity (Wildman–Crippen MR) is 79.9 cm³/mol. The largest absolute Gasteiger partial charge is 0.310 e. The van der Waals surface area contributed by atoms with Crippen molar-refractivity contribution in [3.8, 4) is 0 Å². The van der Waals surface area contributed by atoms with Gasteiger partial charge in [-0.25, -0.2) is 0 Å². The van der Waals surface area contributed by atoms with Crippen molar-refractivity contribution in [3.05, 3.63) is 35.4 Å². The normalized spacial score (nSPS) is 25.8. The van der Waals surface area contributed by atoms with Gasteiger partial charge < -0.3 is 10.2 Å². The van der Waals surface area contributed by atoms with E-state index in [2.05, 4.69) is 48.5 Å². The molecule has 2 nitrogen and oxygen atoms in total. The molecule has 2 heteroatoms. The fourth-order valence-corrected chi connectivity index (χ4v) is 2.82. The lowest BCUT2D eigenvalue weighted by molar-refractivity contribution is 0.307. The zero-order valence-corrected chi connectivity index (χ0v) is 12.2. The Balaban J connectivity index is 1.49. The zero-order valence-electron chi connectivity index (χ0n) is 12.2. The molecule has 1 N–H and O–H groups in total. The molecule has 2 unspecified atom stereocenters. The number of rotatable bonds is 7. The maximum Gasteiger partial charge on any atom is 0.0230 e. The van der Waals surface area contributed by atoms with E-state index < -0.39 is 0 Å². The summed E-state index contributed by atoms with van der Waals surface area (Å²) in [6.45, 7) is 5.73. The van der Waals surface area contributed by atoms with Crippen LogP contribution < -0.4 is 5.32 Å². The molecule has 0 aromatic heterocycles. The molecule has 0 bridgehead atoms. The summed E-state index contributed by atoms with van der Waals surface area (Å²) in [5.41, 5.74) is 2.88. The predicted octanol–water partition coefficient (Wildman–Crippen LogP) is 3.03. The van der Waals surface area contributed by atoms with Crippen molar-refractivity contribution in [3.63, 3.8) is 0 Å². The third kappa shape index (κ3) is 4.05. The molecule has 2 atom stereocenters. The van der Waals surface area contributed by atoms with Crippen LogP contribution in [0.3, 0.4) is 0 Å². The van der Waals surface area contributed by atoms with E-state index in [1.165, 1.54) is 36.9 Å². The minimum Gasteiger partial charge on any atom is -0.310 e. The van der Waals surface area contributed by atoms with Crippen molar-refractivity contribution in [1.82, 2.24) is 10.2 Å². The van der Waals surface area contributed by atoms with Gasteiger partial charge in [0.05, 0.1) is 0 Å². The smallest absolute Gasteiger partial charge is 0.0230 e. The molecule has 2 saturated carbocycles. The molecule has 0 spiro atoms. The third-order valence-corrected chi connectivity index (χ3v) is 4.44. The summed E-state index contributed by atoms with van der Waals surface area (Å²) >= 11 is 0. The molecule has 0 heterocycles. The second kappa shape index (κ2) is 5.64. The average molecular weight is 258 g/mol. The lowest BCUT2D eigenvalue weighted by Crippen LogP contribution is -2.21. The van der Waals surface area contributed by atoms with Crippen molar-refractivity contribution in [2.45, 2.75) is 45.3 Å². The molecule has 2 aliphatic carbocycles. The standard InChI is InChI=1S/C17H26N2/c1-13-8-16(13)12-19(2)11-15-5-3-4-14(9-15)10-18-17-6-7-17/h3-5,9,13,16-18H,6-8,10-12H2,1-2H3. The zero-order chi connectivity index (χ0) is 13.2. The topological polar surface area (TPSA) is 15.3 Å². The summed E-state index contributed by atoms with van der Waals surface area (Å²) in [6.07, 6.45) is 4.15. The molecular weight excluding hydrogens is 232 g/mol. The van der Waals surface area contributed by atoms with Crippen molar-refractivity contribution in [2.75, 3.05) is 13.6 Å². The van der Waals surface area contributed by atoms with Crippen molar-refractivity contribution < 1.29 is 0 Å². The van der Waals surface area contributed by atoms with E-state index in [-0.39, 0.29) is 0 Å². The van der Waals surface area contributed by atoms with Gasteiger partial charge in [-0.15, -0.1) is 0 Å². The minimum absolute atomic E-state index is 0.794. The Morgan fingerprint density at radius 1 is 1.26 bits per heavy atom. The first-order valence-corrected chi connectivity index (χ1v) is 7.70. The third-order valence-electron chi connectivity index (χ3n) is 4.44. The van der Waals surface area contributed by atoms with Gasteiger partial charge in [0.2, 0.25) is 0 Å². The van der Waals surface area contributed by atoms with Crippen LogP contribution in [0, 0.1) is 11.8 Å². The average Bonchev–Trinajstić information content (AvgIpc) is 3.27. The Bertz CT molecular complexity index is 425. The highest BCUT2D eigenvalue weighted by molar-refractivity contribution is 5.23. The fraction of sp³-hybridized carbons (Fsp3) is 0.647. The lowest BCUT2D eigenvalue weighted by Gasteiger charge is -2.17. The van der Waals surface area contributed by atoms with Crippen LogP contribution >= 0.6 is 0 Å². The summed E-state index contributed by atoms with van der Waals surface area (Å²) in [4.78, 5) is 2.47. The Kier molecular flexibility index (Phi) is 3.90. The summed E-state index contributed by atoms with van der Waals surface area (Å²) in [7, 11) is 2.25. The molecule has 3 rings (SSSR count). The van der Waals surface area contributed by atoms with Gasteiger partial charge in [0.1, 0.15) is 0 Å². The van der Waals surface area contributed by atoms with E-state index in [9.17, 15) is 0 Å².